The van der Waals surface area contributed by atoms with Gasteiger partial charge >= 0.3 is 0 Å². The van der Waals surface area contributed by atoms with Gasteiger partial charge in [0.15, 0.2) is 0 Å². The molecule has 23 heavy (non-hydrogen) atoms. The Kier molecular flexibility index (Phi) is 6.49. The van der Waals surface area contributed by atoms with E-state index in [9.17, 15) is 4.79 Å². The number of rotatable bonds is 7. The average Bonchev–Trinajstić information content (AvgIpc) is 2.54. The summed E-state index contributed by atoms with van der Waals surface area (Å²) in [4.78, 5) is 22.6. The molecule has 0 atom stereocenters. The lowest BCUT2D eigenvalue weighted by molar-refractivity contribution is 0.0947. The number of anilines is 2. The van der Waals surface area contributed by atoms with Crippen LogP contribution in [0.15, 0.2) is 41.0 Å². The minimum Gasteiger partial charge on any atom is -0.351 e. The third kappa shape index (κ3) is 5.61. The SMILES string of the molecule is CN(C)CCCNC(=O)c1ccnc(Nc2ccccc2Br)n1. The highest BCUT2D eigenvalue weighted by molar-refractivity contribution is 9.10. The van der Waals surface area contributed by atoms with Gasteiger partial charge in [0.05, 0.1) is 5.69 Å². The molecule has 0 saturated heterocycles. The van der Waals surface area contributed by atoms with Crippen LogP contribution in [0.5, 0.6) is 0 Å². The molecule has 2 rings (SSSR count). The first-order valence-electron chi connectivity index (χ1n) is 7.34. The number of nitrogens with zero attached hydrogens (tertiary/aromatic N) is 3. The molecule has 0 aliphatic rings. The molecule has 0 aliphatic heterocycles. The van der Waals surface area contributed by atoms with Crippen molar-refractivity contribution in [2.24, 2.45) is 0 Å². The summed E-state index contributed by atoms with van der Waals surface area (Å²) in [6.07, 6.45) is 2.47. The van der Waals surface area contributed by atoms with Crippen molar-refractivity contribution in [1.29, 1.82) is 0 Å². The van der Waals surface area contributed by atoms with Crippen LogP contribution in [0.1, 0.15) is 16.9 Å². The molecule has 0 radical (unpaired) electrons. The van der Waals surface area contributed by atoms with Crippen molar-refractivity contribution < 1.29 is 4.79 Å². The Balaban J connectivity index is 1.96. The van der Waals surface area contributed by atoms with Crippen molar-refractivity contribution in [1.82, 2.24) is 20.2 Å². The zero-order valence-electron chi connectivity index (χ0n) is 13.2. The van der Waals surface area contributed by atoms with E-state index in [1.807, 2.05) is 38.4 Å². The van der Waals surface area contributed by atoms with Crippen molar-refractivity contribution in [3.05, 3.63) is 46.7 Å². The van der Waals surface area contributed by atoms with Crippen molar-refractivity contribution >= 4 is 33.5 Å². The summed E-state index contributed by atoms with van der Waals surface area (Å²) in [5.41, 5.74) is 1.19. The van der Waals surface area contributed by atoms with Crippen LogP contribution in [0.4, 0.5) is 11.6 Å². The molecule has 0 bridgehead atoms. The number of halogens is 1. The van der Waals surface area contributed by atoms with Gasteiger partial charge in [0, 0.05) is 17.2 Å². The largest absolute Gasteiger partial charge is 0.351 e. The first-order valence-corrected chi connectivity index (χ1v) is 8.13. The highest BCUT2D eigenvalue weighted by Crippen LogP contribution is 2.23. The van der Waals surface area contributed by atoms with Crippen LogP contribution in [-0.4, -0.2) is 48.0 Å². The fraction of sp³-hybridized carbons (Fsp3) is 0.312. The zero-order chi connectivity index (χ0) is 16.7. The summed E-state index contributed by atoms with van der Waals surface area (Å²) in [6, 6.07) is 9.26. The van der Waals surface area contributed by atoms with Crippen molar-refractivity contribution in [3.63, 3.8) is 0 Å². The third-order valence-electron chi connectivity index (χ3n) is 3.08. The number of aromatic nitrogens is 2. The smallest absolute Gasteiger partial charge is 0.270 e. The maximum atomic E-state index is 12.1. The molecule has 0 fully saturated rings. The molecule has 0 saturated carbocycles. The zero-order valence-corrected chi connectivity index (χ0v) is 14.8. The number of amides is 1. The van der Waals surface area contributed by atoms with Crippen molar-refractivity contribution in [2.45, 2.75) is 6.42 Å². The Hall–Kier alpha value is -1.99. The predicted molar refractivity (Wildman–Crippen MR) is 95.0 cm³/mol. The van der Waals surface area contributed by atoms with Gasteiger partial charge in [0.25, 0.3) is 5.91 Å². The molecule has 2 N–H and O–H groups in total. The summed E-state index contributed by atoms with van der Waals surface area (Å²) in [7, 11) is 4.01. The van der Waals surface area contributed by atoms with E-state index in [4.69, 9.17) is 0 Å². The molecule has 1 heterocycles. The van der Waals surface area contributed by atoms with Gasteiger partial charge in [-0.2, -0.15) is 0 Å². The Morgan fingerprint density at radius 3 is 2.78 bits per heavy atom. The molecule has 0 spiro atoms. The van der Waals surface area contributed by atoms with Gasteiger partial charge in [-0.25, -0.2) is 9.97 Å². The highest BCUT2D eigenvalue weighted by atomic mass is 79.9. The first kappa shape index (κ1) is 17.4. The number of hydrogen-bond acceptors (Lipinski definition) is 5. The average molecular weight is 378 g/mol. The predicted octanol–water partition coefficient (Wildman–Crippen LogP) is 2.66. The Labute approximate surface area is 144 Å². The quantitative estimate of drug-likeness (QED) is 0.725. The molecule has 6 nitrogen and oxygen atoms in total. The first-order chi connectivity index (χ1) is 11.1. The lowest BCUT2D eigenvalue weighted by Crippen LogP contribution is -2.28. The van der Waals surface area contributed by atoms with Crippen LogP contribution >= 0.6 is 15.9 Å². The van der Waals surface area contributed by atoms with E-state index in [1.165, 1.54) is 0 Å². The normalized spacial score (nSPS) is 10.6. The van der Waals surface area contributed by atoms with Gasteiger partial charge in [0.2, 0.25) is 5.95 Å². The molecule has 1 aromatic heterocycles. The summed E-state index contributed by atoms with van der Waals surface area (Å²) < 4.78 is 0.905. The topological polar surface area (TPSA) is 70.2 Å². The van der Waals surface area contributed by atoms with E-state index in [0.717, 1.165) is 23.1 Å². The molecule has 0 unspecified atom stereocenters. The molecule has 1 aromatic carbocycles. The number of hydrogen-bond donors (Lipinski definition) is 2. The van der Waals surface area contributed by atoms with E-state index in [1.54, 1.807) is 12.3 Å². The molecule has 1 amide bonds. The van der Waals surface area contributed by atoms with Gasteiger partial charge < -0.3 is 15.5 Å². The molecular weight excluding hydrogens is 358 g/mol. The van der Waals surface area contributed by atoms with Gasteiger partial charge in [-0.15, -0.1) is 0 Å². The van der Waals surface area contributed by atoms with Crippen LogP contribution in [0.3, 0.4) is 0 Å². The van der Waals surface area contributed by atoms with Crippen LogP contribution < -0.4 is 10.6 Å². The molecule has 122 valence electrons. The van der Waals surface area contributed by atoms with Gasteiger partial charge in [-0.3, -0.25) is 4.79 Å². The van der Waals surface area contributed by atoms with Crippen LogP contribution in [0, 0.1) is 0 Å². The molecule has 2 aromatic rings. The number of para-hydroxylation sites is 1. The molecule has 0 aliphatic carbocycles. The van der Waals surface area contributed by atoms with E-state index < -0.39 is 0 Å². The summed E-state index contributed by atoms with van der Waals surface area (Å²) in [5, 5.41) is 5.96. The molecule has 7 heteroatoms. The van der Waals surface area contributed by atoms with E-state index in [-0.39, 0.29) is 5.91 Å². The lowest BCUT2D eigenvalue weighted by atomic mass is 10.3. The van der Waals surface area contributed by atoms with Gasteiger partial charge in [0.1, 0.15) is 5.69 Å². The number of benzene rings is 1. The Morgan fingerprint density at radius 2 is 2.04 bits per heavy atom. The summed E-state index contributed by atoms with van der Waals surface area (Å²) in [5.74, 6) is 0.194. The fourth-order valence-electron chi connectivity index (χ4n) is 1.92. The maximum absolute atomic E-state index is 12.1. The van der Waals surface area contributed by atoms with Crippen molar-refractivity contribution in [2.75, 3.05) is 32.5 Å². The minimum atomic E-state index is -0.193. The second-order valence-electron chi connectivity index (χ2n) is 5.28. The standard InChI is InChI=1S/C16H20BrN5O/c1-22(2)11-5-9-18-15(23)14-8-10-19-16(21-14)20-13-7-4-3-6-12(13)17/h3-4,6-8,10H,5,9,11H2,1-2H3,(H,18,23)(H,19,20,21). The third-order valence-corrected chi connectivity index (χ3v) is 3.77. The number of carbonyl (C=O) groups is 1. The van der Waals surface area contributed by atoms with Crippen molar-refractivity contribution in [3.8, 4) is 0 Å². The number of carbonyl (C=O) groups excluding carboxylic acids is 1. The van der Waals surface area contributed by atoms with Crippen LogP contribution in [0.2, 0.25) is 0 Å². The monoisotopic (exact) mass is 377 g/mol. The second kappa shape index (κ2) is 8.59. The van der Waals surface area contributed by atoms with Gasteiger partial charge in [-0.1, -0.05) is 12.1 Å². The second-order valence-corrected chi connectivity index (χ2v) is 6.14. The van der Waals surface area contributed by atoms with Crippen LogP contribution in [0.25, 0.3) is 0 Å². The maximum Gasteiger partial charge on any atom is 0.270 e. The molecular formula is C16H20BrN5O. The Bertz CT molecular complexity index is 662. The van der Waals surface area contributed by atoms with E-state index >= 15 is 0 Å². The number of nitrogens with one attached hydrogen (secondary N) is 2. The summed E-state index contributed by atoms with van der Waals surface area (Å²) >= 11 is 3.45. The fourth-order valence-corrected chi connectivity index (χ4v) is 2.30. The van der Waals surface area contributed by atoms with Crippen LogP contribution in [-0.2, 0) is 0 Å². The minimum absolute atomic E-state index is 0.193. The van der Waals surface area contributed by atoms with E-state index in [2.05, 4.69) is 41.4 Å². The van der Waals surface area contributed by atoms with Gasteiger partial charge in [-0.05, 0) is 61.2 Å². The summed E-state index contributed by atoms with van der Waals surface area (Å²) in [6.45, 7) is 1.55. The van der Waals surface area contributed by atoms with E-state index in [0.29, 0.717) is 18.2 Å². The lowest BCUT2D eigenvalue weighted by Gasteiger charge is -2.10. The highest BCUT2D eigenvalue weighted by Gasteiger charge is 2.09. The Morgan fingerprint density at radius 1 is 1.26 bits per heavy atom.